The standard InChI is InChI=1S/C19H15BrN4O2S2/c1-3-10-27-19-21-17-16(22-23-19)12-6-4-5-7-13(12)24(11(2)25)18(26-17)14-8-9-15(20)28-14/h3-9,18H,1,10H2,2H3. The molecule has 6 nitrogen and oxygen atoms in total. The van der Waals surface area contributed by atoms with Crippen molar-refractivity contribution in [1.29, 1.82) is 0 Å². The van der Waals surface area contributed by atoms with Crippen molar-refractivity contribution >= 4 is 50.6 Å². The SMILES string of the molecule is C=CCSc1nnc2c(n1)OC(c1ccc(Br)s1)N(C(C)=O)c1ccccc1-2. The number of halogens is 1. The van der Waals surface area contributed by atoms with E-state index in [1.54, 1.807) is 11.0 Å². The number of para-hydroxylation sites is 1. The monoisotopic (exact) mass is 474 g/mol. The fraction of sp³-hybridized carbons (Fsp3) is 0.158. The predicted molar refractivity (Wildman–Crippen MR) is 115 cm³/mol. The van der Waals surface area contributed by atoms with Crippen LogP contribution in [0.5, 0.6) is 5.88 Å². The Hall–Kier alpha value is -2.23. The highest BCUT2D eigenvalue weighted by Gasteiger charge is 2.35. The maximum absolute atomic E-state index is 12.6. The Balaban J connectivity index is 1.91. The van der Waals surface area contributed by atoms with Crippen molar-refractivity contribution in [3.63, 3.8) is 0 Å². The second-order valence-electron chi connectivity index (χ2n) is 5.87. The fourth-order valence-electron chi connectivity index (χ4n) is 2.89. The summed E-state index contributed by atoms with van der Waals surface area (Å²) >= 11 is 6.42. The Kier molecular flexibility index (Phi) is 5.47. The Morgan fingerprint density at radius 2 is 2.18 bits per heavy atom. The zero-order chi connectivity index (χ0) is 19.7. The zero-order valence-electron chi connectivity index (χ0n) is 14.8. The van der Waals surface area contributed by atoms with E-state index in [2.05, 4.69) is 37.7 Å². The molecule has 0 fully saturated rings. The first-order valence-electron chi connectivity index (χ1n) is 8.38. The Bertz CT molecular complexity index is 1060. The van der Waals surface area contributed by atoms with E-state index in [4.69, 9.17) is 4.74 Å². The van der Waals surface area contributed by atoms with Crippen LogP contribution in [0.25, 0.3) is 11.3 Å². The van der Waals surface area contributed by atoms with Gasteiger partial charge >= 0.3 is 0 Å². The Labute approximate surface area is 178 Å². The molecule has 0 radical (unpaired) electrons. The number of amides is 1. The van der Waals surface area contributed by atoms with Gasteiger partial charge in [0, 0.05) is 18.2 Å². The lowest BCUT2D eigenvalue weighted by Gasteiger charge is -2.28. The molecule has 0 saturated carbocycles. The van der Waals surface area contributed by atoms with Gasteiger partial charge in [-0.05, 0) is 34.1 Å². The molecule has 4 rings (SSSR count). The molecule has 0 N–H and O–H groups in total. The lowest BCUT2D eigenvalue weighted by atomic mass is 10.1. The summed E-state index contributed by atoms with van der Waals surface area (Å²) in [7, 11) is 0. The molecule has 1 aromatic carbocycles. The Morgan fingerprint density at radius 3 is 2.89 bits per heavy atom. The molecule has 28 heavy (non-hydrogen) atoms. The van der Waals surface area contributed by atoms with Gasteiger partial charge in [-0.15, -0.1) is 28.1 Å². The number of rotatable bonds is 4. The lowest BCUT2D eigenvalue weighted by molar-refractivity contribution is -0.118. The van der Waals surface area contributed by atoms with Crippen LogP contribution in [0, 0.1) is 0 Å². The molecule has 1 aliphatic rings. The summed E-state index contributed by atoms with van der Waals surface area (Å²) in [6, 6.07) is 11.4. The number of hydrogen-bond donors (Lipinski definition) is 0. The average molecular weight is 475 g/mol. The molecule has 3 aromatic rings. The summed E-state index contributed by atoms with van der Waals surface area (Å²) in [5.41, 5.74) is 1.99. The molecule has 0 aliphatic carbocycles. The van der Waals surface area contributed by atoms with Crippen molar-refractivity contribution < 1.29 is 9.53 Å². The molecule has 3 heterocycles. The van der Waals surface area contributed by atoms with E-state index in [1.165, 1.54) is 30.0 Å². The quantitative estimate of drug-likeness (QED) is 0.387. The summed E-state index contributed by atoms with van der Waals surface area (Å²) in [4.78, 5) is 19.7. The topological polar surface area (TPSA) is 68.2 Å². The van der Waals surface area contributed by atoms with Gasteiger partial charge in [0.2, 0.25) is 23.2 Å². The molecule has 1 unspecified atom stereocenters. The van der Waals surface area contributed by atoms with Crippen molar-refractivity contribution in [2.24, 2.45) is 0 Å². The highest BCUT2D eigenvalue weighted by molar-refractivity contribution is 9.11. The van der Waals surface area contributed by atoms with Crippen LogP contribution in [-0.4, -0.2) is 26.8 Å². The van der Waals surface area contributed by atoms with Gasteiger partial charge in [0.1, 0.15) is 0 Å². The summed E-state index contributed by atoms with van der Waals surface area (Å²) in [5, 5.41) is 9.07. The number of thiophene rings is 1. The number of carbonyl (C=O) groups excluding carboxylic acids is 1. The average Bonchev–Trinajstić information content (AvgIpc) is 3.06. The maximum atomic E-state index is 12.6. The van der Waals surface area contributed by atoms with Gasteiger partial charge in [0.25, 0.3) is 0 Å². The van der Waals surface area contributed by atoms with Crippen molar-refractivity contribution in [2.75, 3.05) is 10.7 Å². The lowest BCUT2D eigenvalue weighted by Crippen LogP contribution is -2.35. The molecule has 0 spiro atoms. The summed E-state index contributed by atoms with van der Waals surface area (Å²) in [5.74, 6) is 0.883. The largest absolute Gasteiger partial charge is 0.446 e. The minimum atomic E-state index is -0.648. The van der Waals surface area contributed by atoms with E-state index in [-0.39, 0.29) is 5.91 Å². The highest BCUT2D eigenvalue weighted by Crippen LogP contribution is 2.44. The summed E-state index contributed by atoms with van der Waals surface area (Å²) in [6.07, 6.45) is 1.13. The second kappa shape index (κ2) is 8.02. The molecular formula is C19H15BrN4O2S2. The molecule has 1 amide bonds. The van der Waals surface area contributed by atoms with Gasteiger partial charge in [-0.3, -0.25) is 9.69 Å². The van der Waals surface area contributed by atoms with Crippen molar-refractivity contribution in [1.82, 2.24) is 15.2 Å². The molecule has 2 aromatic heterocycles. The fourth-order valence-corrected chi connectivity index (χ4v) is 4.85. The van der Waals surface area contributed by atoms with Crippen LogP contribution >= 0.6 is 39.0 Å². The normalized spacial score (nSPS) is 15.2. The molecular weight excluding hydrogens is 460 g/mol. The van der Waals surface area contributed by atoms with E-state index in [0.717, 1.165) is 14.2 Å². The molecule has 1 atom stereocenters. The van der Waals surface area contributed by atoms with Gasteiger partial charge in [-0.1, -0.05) is 36.0 Å². The third kappa shape index (κ3) is 3.57. The smallest absolute Gasteiger partial charge is 0.247 e. The van der Waals surface area contributed by atoms with Gasteiger partial charge < -0.3 is 4.74 Å². The minimum Gasteiger partial charge on any atom is -0.446 e. The predicted octanol–water partition coefficient (Wildman–Crippen LogP) is 5.08. The molecule has 9 heteroatoms. The second-order valence-corrected chi connectivity index (χ2v) is 9.35. The van der Waals surface area contributed by atoms with Gasteiger partial charge in [0.05, 0.1) is 14.4 Å². The van der Waals surface area contributed by atoms with Gasteiger partial charge in [-0.25, -0.2) is 0 Å². The van der Waals surface area contributed by atoms with Crippen molar-refractivity contribution in [3.05, 3.63) is 57.7 Å². The number of thioether (sulfide) groups is 1. The van der Waals surface area contributed by atoms with Crippen LogP contribution in [-0.2, 0) is 4.79 Å². The molecule has 1 aliphatic heterocycles. The van der Waals surface area contributed by atoms with Gasteiger partial charge in [-0.2, -0.15) is 4.98 Å². The summed E-state index contributed by atoms with van der Waals surface area (Å²) < 4.78 is 7.23. The third-order valence-corrected chi connectivity index (χ3v) is 6.51. The van der Waals surface area contributed by atoms with E-state index in [1.807, 2.05) is 36.4 Å². The molecule has 0 saturated heterocycles. The molecule has 142 valence electrons. The number of hydrogen-bond acceptors (Lipinski definition) is 7. The Morgan fingerprint density at radius 1 is 1.36 bits per heavy atom. The number of anilines is 1. The zero-order valence-corrected chi connectivity index (χ0v) is 18.1. The van der Waals surface area contributed by atoms with E-state index < -0.39 is 6.23 Å². The van der Waals surface area contributed by atoms with E-state index in [9.17, 15) is 4.79 Å². The van der Waals surface area contributed by atoms with Crippen molar-refractivity contribution in [2.45, 2.75) is 18.3 Å². The minimum absolute atomic E-state index is 0.135. The van der Waals surface area contributed by atoms with E-state index in [0.29, 0.717) is 28.2 Å². The van der Waals surface area contributed by atoms with Crippen LogP contribution in [0.1, 0.15) is 18.0 Å². The number of ether oxygens (including phenoxy) is 1. The number of carbonyl (C=O) groups is 1. The van der Waals surface area contributed by atoms with Crippen LogP contribution in [0.3, 0.4) is 0 Å². The van der Waals surface area contributed by atoms with Crippen molar-refractivity contribution in [3.8, 4) is 17.1 Å². The maximum Gasteiger partial charge on any atom is 0.247 e. The van der Waals surface area contributed by atoms with Crippen LogP contribution in [0.15, 0.2) is 58.0 Å². The number of nitrogens with zero attached hydrogens (tertiary/aromatic N) is 4. The van der Waals surface area contributed by atoms with Crippen LogP contribution in [0.4, 0.5) is 5.69 Å². The third-order valence-electron chi connectivity index (χ3n) is 4.02. The first-order chi connectivity index (χ1) is 13.6. The van der Waals surface area contributed by atoms with Gasteiger partial charge in [0.15, 0.2) is 5.69 Å². The van der Waals surface area contributed by atoms with Crippen LogP contribution < -0.4 is 9.64 Å². The number of fused-ring (bicyclic) bond motifs is 3. The first kappa shape index (κ1) is 19.1. The summed E-state index contributed by atoms with van der Waals surface area (Å²) in [6.45, 7) is 5.24. The number of aromatic nitrogens is 3. The molecule has 0 bridgehead atoms. The highest BCUT2D eigenvalue weighted by atomic mass is 79.9. The van der Waals surface area contributed by atoms with E-state index >= 15 is 0 Å². The van der Waals surface area contributed by atoms with Crippen LogP contribution in [0.2, 0.25) is 0 Å². The number of benzene rings is 1. The first-order valence-corrected chi connectivity index (χ1v) is 11.0.